The minimum absolute atomic E-state index is 0.457. The van der Waals surface area contributed by atoms with Crippen LogP contribution in [0.25, 0.3) is 19.6 Å². The third-order valence-electron chi connectivity index (χ3n) is 2.59. The van der Waals surface area contributed by atoms with Gasteiger partial charge >= 0.3 is 0 Å². The number of thiophene rings is 2. The highest BCUT2D eigenvalue weighted by molar-refractivity contribution is 7.25. The zero-order valence-electron chi connectivity index (χ0n) is 11.7. The molecule has 3 rings (SSSR count). The van der Waals surface area contributed by atoms with Crippen LogP contribution in [0.5, 0.6) is 0 Å². The number of hydrogen-bond donors (Lipinski definition) is 1. The molecule has 106 valence electrons. The van der Waals surface area contributed by atoms with E-state index >= 15 is 0 Å². The molecule has 3 aromatic heterocycles. The van der Waals surface area contributed by atoms with Gasteiger partial charge in [-0.25, -0.2) is 4.98 Å². The van der Waals surface area contributed by atoms with Crippen LogP contribution < -0.4 is 5.73 Å². The van der Waals surface area contributed by atoms with Gasteiger partial charge < -0.3 is 5.73 Å². The predicted molar refractivity (Wildman–Crippen MR) is 93.9 cm³/mol. The van der Waals surface area contributed by atoms with Gasteiger partial charge in [-0.05, 0) is 37.4 Å². The van der Waals surface area contributed by atoms with E-state index in [2.05, 4.69) is 40.4 Å². The molecule has 3 heterocycles. The Labute approximate surface area is 136 Å². The summed E-state index contributed by atoms with van der Waals surface area (Å²) in [4.78, 5) is 9.15. The van der Waals surface area contributed by atoms with Crippen molar-refractivity contribution in [2.75, 3.05) is 0 Å². The average molecular weight is 331 g/mol. The SMILES string of the molecule is CC(C)(N)C#Cc1ccc(-c2cnc(-c3cccs3)s2)s1. The summed E-state index contributed by atoms with van der Waals surface area (Å²) in [6.07, 6.45) is 1.94. The largest absolute Gasteiger partial charge is 0.316 e. The van der Waals surface area contributed by atoms with E-state index in [1.54, 1.807) is 34.0 Å². The monoisotopic (exact) mass is 330 g/mol. The lowest BCUT2D eigenvalue weighted by Crippen LogP contribution is -2.29. The third kappa shape index (κ3) is 3.60. The number of thiazole rings is 1. The maximum absolute atomic E-state index is 5.88. The fourth-order valence-electron chi connectivity index (χ4n) is 1.66. The zero-order chi connectivity index (χ0) is 14.9. The molecular weight excluding hydrogens is 316 g/mol. The predicted octanol–water partition coefficient (Wildman–Crippen LogP) is 4.69. The van der Waals surface area contributed by atoms with Crippen molar-refractivity contribution in [3.05, 3.63) is 40.7 Å². The van der Waals surface area contributed by atoms with Crippen LogP contribution in [0.2, 0.25) is 0 Å². The lowest BCUT2D eigenvalue weighted by atomic mass is 10.1. The molecule has 0 spiro atoms. The second-order valence-electron chi connectivity index (χ2n) is 5.14. The Morgan fingerprint density at radius 2 is 1.95 bits per heavy atom. The topological polar surface area (TPSA) is 38.9 Å². The molecule has 5 heteroatoms. The summed E-state index contributed by atoms with van der Waals surface area (Å²) in [7, 11) is 0. The van der Waals surface area contributed by atoms with Gasteiger partial charge in [-0.2, -0.15) is 0 Å². The third-order valence-corrected chi connectivity index (χ3v) is 5.83. The van der Waals surface area contributed by atoms with Crippen LogP contribution in [-0.4, -0.2) is 10.5 Å². The van der Waals surface area contributed by atoms with E-state index in [0.717, 1.165) is 9.88 Å². The molecule has 3 aromatic rings. The van der Waals surface area contributed by atoms with Crippen molar-refractivity contribution in [1.29, 1.82) is 0 Å². The molecular formula is C16H14N2S3. The Kier molecular flexibility index (Phi) is 3.96. The number of nitrogens with two attached hydrogens (primary N) is 1. The van der Waals surface area contributed by atoms with Crippen LogP contribution in [0.4, 0.5) is 0 Å². The number of rotatable bonds is 2. The summed E-state index contributed by atoms with van der Waals surface area (Å²) < 4.78 is 0. The summed E-state index contributed by atoms with van der Waals surface area (Å²) in [5.41, 5.74) is 5.43. The molecule has 0 saturated carbocycles. The van der Waals surface area contributed by atoms with Gasteiger partial charge in [-0.15, -0.1) is 34.0 Å². The normalized spacial score (nSPS) is 11.2. The van der Waals surface area contributed by atoms with E-state index in [9.17, 15) is 0 Å². The average Bonchev–Trinajstić information content (AvgIpc) is 3.15. The van der Waals surface area contributed by atoms with Crippen LogP contribution in [0.15, 0.2) is 35.8 Å². The van der Waals surface area contributed by atoms with Gasteiger partial charge in [-0.1, -0.05) is 17.9 Å². The molecule has 0 aliphatic heterocycles. The highest BCUT2D eigenvalue weighted by atomic mass is 32.1. The summed E-state index contributed by atoms with van der Waals surface area (Å²) in [6, 6.07) is 8.30. The fourth-order valence-corrected chi connectivity index (χ4v) is 4.32. The molecule has 0 amide bonds. The van der Waals surface area contributed by atoms with Crippen molar-refractivity contribution in [3.63, 3.8) is 0 Å². The molecule has 0 aliphatic carbocycles. The smallest absolute Gasteiger partial charge is 0.133 e. The summed E-state index contributed by atoms with van der Waals surface area (Å²) in [6.45, 7) is 3.82. The fraction of sp³-hybridized carbons (Fsp3) is 0.188. The number of aromatic nitrogens is 1. The van der Waals surface area contributed by atoms with Crippen LogP contribution in [0.1, 0.15) is 18.7 Å². The van der Waals surface area contributed by atoms with E-state index in [4.69, 9.17) is 5.73 Å². The first-order valence-corrected chi connectivity index (χ1v) is 8.94. The van der Waals surface area contributed by atoms with Crippen LogP contribution in [0.3, 0.4) is 0 Å². The van der Waals surface area contributed by atoms with Crippen LogP contribution in [-0.2, 0) is 0 Å². The first-order chi connectivity index (χ1) is 10.0. The molecule has 0 fully saturated rings. The quantitative estimate of drug-likeness (QED) is 0.692. The summed E-state index contributed by atoms with van der Waals surface area (Å²) in [5.74, 6) is 6.20. The Balaban J connectivity index is 1.85. The molecule has 2 N–H and O–H groups in total. The summed E-state index contributed by atoms with van der Waals surface area (Å²) in [5, 5.41) is 3.15. The molecule has 0 radical (unpaired) electrons. The highest BCUT2D eigenvalue weighted by Gasteiger charge is 2.09. The van der Waals surface area contributed by atoms with Gasteiger partial charge in [0.05, 0.1) is 20.2 Å². The number of hydrogen-bond acceptors (Lipinski definition) is 5. The van der Waals surface area contributed by atoms with Crippen LogP contribution in [0, 0.1) is 11.8 Å². The molecule has 0 unspecified atom stereocenters. The van der Waals surface area contributed by atoms with Gasteiger partial charge in [0.25, 0.3) is 0 Å². The van der Waals surface area contributed by atoms with Crippen molar-refractivity contribution in [1.82, 2.24) is 4.98 Å². The van der Waals surface area contributed by atoms with Crippen LogP contribution >= 0.6 is 34.0 Å². The van der Waals surface area contributed by atoms with E-state index in [0.29, 0.717) is 0 Å². The first kappa shape index (κ1) is 14.5. The second-order valence-corrected chi connectivity index (χ2v) is 8.20. The van der Waals surface area contributed by atoms with Crippen molar-refractivity contribution in [3.8, 4) is 31.5 Å². The maximum Gasteiger partial charge on any atom is 0.133 e. The Bertz CT molecular complexity index is 793. The molecule has 0 aromatic carbocycles. The Hall–Kier alpha value is -1.45. The van der Waals surface area contributed by atoms with Crippen molar-refractivity contribution in [2.24, 2.45) is 5.73 Å². The lowest BCUT2D eigenvalue weighted by Gasteiger charge is -2.06. The lowest BCUT2D eigenvalue weighted by molar-refractivity contribution is 0.681. The highest BCUT2D eigenvalue weighted by Crippen LogP contribution is 2.36. The van der Waals surface area contributed by atoms with Crippen molar-refractivity contribution < 1.29 is 0 Å². The van der Waals surface area contributed by atoms with Crippen molar-refractivity contribution >= 4 is 34.0 Å². The first-order valence-electron chi connectivity index (χ1n) is 6.43. The second kappa shape index (κ2) is 5.74. The molecule has 2 nitrogen and oxygen atoms in total. The van der Waals surface area contributed by atoms with E-state index < -0.39 is 5.54 Å². The van der Waals surface area contributed by atoms with Gasteiger partial charge in [0.1, 0.15) is 5.01 Å². The van der Waals surface area contributed by atoms with Crippen molar-refractivity contribution in [2.45, 2.75) is 19.4 Å². The van der Waals surface area contributed by atoms with E-state index in [1.165, 1.54) is 14.6 Å². The summed E-state index contributed by atoms with van der Waals surface area (Å²) >= 11 is 5.12. The standard InChI is InChI=1S/C16H14N2S3/c1-16(2,17)8-7-11-5-6-12(20-11)14-10-18-15(21-14)13-4-3-9-19-13/h3-6,9-10H,17H2,1-2H3. The zero-order valence-corrected chi connectivity index (χ0v) is 14.2. The minimum Gasteiger partial charge on any atom is -0.316 e. The van der Waals surface area contributed by atoms with E-state index in [1.807, 2.05) is 26.1 Å². The molecule has 21 heavy (non-hydrogen) atoms. The molecule has 0 saturated heterocycles. The van der Waals surface area contributed by atoms with Gasteiger partial charge in [0.2, 0.25) is 0 Å². The number of nitrogens with zero attached hydrogens (tertiary/aromatic N) is 1. The Morgan fingerprint density at radius 3 is 2.67 bits per heavy atom. The maximum atomic E-state index is 5.88. The van der Waals surface area contributed by atoms with E-state index in [-0.39, 0.29) is 0 Å². The minimum atomic E-state index is -0.457. The molecule has 0 bridgehead atoms. The van der Waals surface area contributed by atoms with Gasteiger partial charge in [-0.3, -0.25) is 0 Å². The molecule has 0 aliphatic rings. The van der Waals surface area contributed by atoms with Gasteiger partial charge in [0.15, 0.2) is 0 Å². The Morgan fingerprint density at radius 1 is 1.10 bits per heavy atom. The van der Waals surface area contributed by atoms with Gasteiger partial charge in [0, 0.05) is 11.1 Å². The molecule has 0 atom stereocenters.